The van der Waals surface area contributed by atoms with Gasteiger partial charge in [0.05, 0.1) is 17.7 Å². The third kappa shape index (κ3) is 5.06. The summed E-state index contributed by atoms with van der Waals surface area (Å²) < 4.78 is 30.0. The van der Waals surface area contributed by atoms with Crippen LogP contribution in [-0.4, -0.2) is 30.9 Å². The molecule has 0 aliphatic carbocycles. The van der Waals surface area contributed by atoms with E-state index in [-0.39, 0.29) is 11.5 Å². The second kappa shape index (κ2) is 8.33. The Morgan fingerprint density at radius 1 is 1.15 bits per heavy atom. The second-order valence-corrected chi connectivity index (χ2v) is 8.47. The van der Waals surface area contributed by atoms with Gasteiger partial charge in [-0.25, -0.2) is 8.42 Å². The highest BCUT2D eigenvalue weighted by Crippen LogP contribution is 2.23. The van der Waals surface area contributed by atoms with E-state index < -0.39 is 9.84 Å². The molecular formula is C19H23N3O3S. The molecule has 0 saturated carbocycles. The molecule has 2 N–H and O–H groups in total. The minimum absolute atomic E-state index is 0.0948. The molecule has 2 heterocycles. The Bertz CT molecular complexity index is 930. The van der Waals surface area contributed by atoms with Crippen LogP contribution in [0.25, 0.3) is 11.5 Å². The van der Waals surface area contributed by atoms with Gasteiger partial charge in [0.25, 0.3) is 0 Å². The van der Waals surface area contributed by atoms with Crippen LogP contribution >= 0.6 is 0 Å². The van der Waals surface area contributed by atoms with Gasteiger partial charge in [-0.3, -0.25) is 5.10 Å². The lowest BCUT2D eigenvalue weighted by Gasteiger charge is -2.06. The number of nitrogens with zero attached hydrogens (tertiary/aromatic N) is 1. The summed E-state index contributed by atoms with van der Waals surface area (Å²) >= 11 is 0. The smallest absolute Gasteiger partial charge is 0.154 e. The molecule has 0 bridgehead atoms. The average molecular weight is 373 g/mol. The molecule has 26 heavy (non-hydrogen) atoms. The van der Waals surface area contributed by atoms with Crippen LogP contribution in [0.5, 0.6) is 0 Å². The van der Waals surface area contributed by atoms with Crippen molar-refractivity contribution in [2.45, 2.75) is 25.6 Å². The fraction of sp³-hybridized carbons (Fsp3) is 0.316. The van der Waals surface area contributed by atoms with Crippen LogP contribution in [0.1, 0.15) is 23.3 Å². The van der Waals surface area contributed by atoms with E-state index in [0.29, 0.717) is 19.5 Å². The lowest BCUT2D eigenvalue weighted by Crippen LogP contribution is -2.19. The van der Waals surface area contributed by atoms with Crippen LogP contribution < -0.4 is 5.32 Å². The molecule has 0 saturated heterocycles. The van der Waals surface area contributed by atoms with Crippen LogP contribution in [0.15, 0.2) is 53.1 Å². The summed E-state index contributed by atoms with van der Waals surface area (Å²) in [6, 6.07) is 13.1. The standard InChI is InChI=1S/C19H23N3O3S/c1-15-8-9-18(25-15)19-17(13-21-22-19)12-20-10-5-11-26(23,24)14-16-6-3-2-4-7-16/h2-4,6-9,13,20H,5,10-12,14H2,1H3,(H,21,22). The van der Waals surface area contributed by atoms with Gasteiger partial charge in [-0.1, -0.05) is 30.3 Å². The van der Waals surface area contributed by atoms with E-state index >= 15 is 0 Å². The normalized spacial score (nSPS) is 11.7. The highest BCUT2D eigenvalue weighted by Gasteiger charge is 2.13. The number of H-pyrrole nitrogens is 1. The number of furan rings is 1. The van der Waals surface area contributed by atoms with Gasteiger partial charge in [0.2, 0.25) is 0 Å². The van der Waals surface area contributed by atoms with Crippen molar-refractivity contribution in [3.63, 3.8) is 0 Å². The zero-order valence-electron chi connectivity index (χ0n) is 14.7. The molecule has 0 radical (unpaired) electrons. The molecule has 0 amide bonds. The van der Waals surface area contributed by atoms with Gasteiger partial charge in [0, 0.05) is 12.1 Å². The Labute approximate surface area is 153 Å². The van der Waals surface area contributed by atoms with Crippen molar-refractivity contribution in [1.82, 2.24) is 15.5 Å². The largest absolute Gasteiger partial charge is 0.460 e. The van der Waals surface area contributed by atoms with Crippen molar-refractivity contribution in [3.8, 4) is 11.5 Å². The zero-order valence-corrected chi connectivity index (χ0v) is 15.6. The van der Waals surface area contributed by atoms with E-state index in [1.807, 2.05) is 49.4 Å². The molecule has 0 fully saturated rings. The minimum Gasteiger partial charge on any atom is -0.460 e. The summed E-state index contributed by atoms with van der Waals surface area (Å²) in [5, 5.41) is 10.3. The number of sulfone groups is 1. The number of hydrogen-bond donors (Lipinski definition) is 2. The van der Waals surface area contributed by atoms with Gasteiger partial charge in [0.1, 0.15) is 11.5 Å². The molecule has 2 aromatic heterocycles. The van der Waals surface area contributed by atoms with Gasteiger partial charge in [-0.05, 0) is 37.6 Å². The van der Waals surface area contributed by atoms with Crippen LogP contribution in [0.4, 0.5) is 0 Å². The van der Waals surface area contributed by atoms with Crippen molar-refractivity contribution in [2.75, 3.05) is 12.3 Å². The molecular weight excluding hydrogens is 350 g/mol. The molecule has 0 aliphatic rings. The lowest BCUT2D eigenvalue weighted by atomic mass is 10.2. The van der Waals surface area contributed by atoms with E-state index in [1.165, 1.54) is 0 Å². The van der Waals surface area contributed by atoms with E-state index in [1.54, 1.807) is 6.20 Å². The van der Waals surface area contributed by atoms with Gasteiger partial charge in [-0.2, -0.15) is 5.10 Å². The van der Waals surface area contributed by atoms with Crippen molar-refractivity contribution >= 4 is 9.84 Å². The maximum Gasteiger partial charge on any atom is 0.154 e. The first-order chi connectivity index (χ1) is 12.5. The summed E-state index contributed by atoms with van der Waals surface area (Å²) in [5.74, 6) is 1.86. The third-order valence-electron chi connectivity index (χ3n) is 4.06. The third-order valence-corrected chi connectivity index (χ3v) is 5.74. The molecule has 3 aromatic rings. The van der Waals surface area contributed by atoms with Crippen molar-refractivity contribution in [2.24, 2.45) is 0 Å². The van der Waals surface area contributed by atoms with Crippen LogP contribution in [0, 0.1) is 6.92 Å². The Balaban J connectivity index is 1.44. The number of hydrogen-bond acceptors (Lipinski definition) is 5. The maximum absolute atomic E-state index is 12.2. The molecule has 7 heteroatoms. The van der Waals surface area contributed by atoms with E-state index in [4.69, 9.17) is 4.42 Å². The topological polar surface area (TPSA) is 88.0 Å². The number of benzene rings is 1. The van der Waals surface area contributed by atoms with E-state index in [2.05, 4.69) is 15.5 Å². The quantitative estimate of drug-likeness (QED) is 0.563. The summed E-state index contributed by atoms with van der Waals surface area (Å²) in [6.07, 6.45) is 2.33. The fourth-order valence-electron chi connectivity index (χ4n) is 2.77. The Morgan fingerprint density at radius 2 is 1.96 bits per heavy atom. The van der Waals surface area contributed by atoms with Crippen LogP contribution in [0.2, 0.25) is 0 Å². The first-order valence-electron chi connectivity index (χ1n) is 8.57. The maximum atomic E-state index is 12.2. The van der Waals surface area contributed by atoms with E-state index in [0.717, 1.165) is 28.3 Å². The molecule has 1 aromatic carbocycles. The molecule has 0 spiro atoms. The highest BCUT2D eigenvalue weighted by atomic mass is 32.2. The Kier molecular flexibility index (Phi) is 5.90. The molecule has 0 aliphatic heterocycles. The van der Waals surface area contributed by atoms with Gasteiger partial charge >= 0.3 is 0 Å². The lowest BCUT2D eigenvalue weighted by molar-refractivity contribution is 0.545. The molecule has 138 valence electrons. The Morgan fingerprint density at radius 3 is 2.69 bits per heavy atom. The van der Waals surface area contributed by atoms with Crippen molar-refractivity contribution < 1.29 is 12.8 Å². The average Bonchev–Trinajstić information content (AvgIpc) is 3.23. The summed E-state index contributed by atoms with van der Waals surface area (Å²) in [7, 11) is -3.09. The number of nitrogens with one attached hydrogen (secondary N) is 2. The van der Waals surface area contributed by atoms with Crippen LogP contribution in [-0.2, 0) is 22.1 Å². The van der Waals surface area contributed by atoms with Gasteiger partial charge < -0.3 is 9.73 Å². The zero-order chi connectivity index (χ0) is 18.4. The second-order valence-electron chi connectivity index (χ2n) is 6.29. The molecule has 0 atom stereocenters. The summed E-state index contributed by atoms with van der Waals surface area (Å²) in [4.78, 5) is 0. The summed E-state index contributed by atoms with van der Waals surface area (Å²) in [6.45, 7) is 3.12. The van der Waals surface area contributed by atoms with Crippen molar-refractivity contribution in [1.29, 1.82) is 0 Å². The highest BCUT2D eigenvalue weighted by molar-refractivity contribution is 7.90. The number of aryl methyl sites for hydroxylation is 1. The fourth-order valence-corrected chi connectivity index (χ4v) is 4.20. The van der Waals surface area contributed by atoms with Gasteiger partial charge in [-0.15, -0.1) is 0 Å². The predicted octanol–water partition coefficient (Wildman–Crippen LogP) is 3.07. The predicted molar refractivity (Wildman–Crippen MR) is 101 cm³/mol. The molecule has 6 nitrogen and oxygen atoms in total. The number of rotatable bonds is 9. The SMILES string of the molecule is Cc1ccc(-c2[nH]ncc2CNCCCS(=O)(=O)Cc2ccccc2)o1. The van der Waals surface area contributed by atoms with E-state index in [9.17, 15) is 8.42 Å². The monoisotopic (exact) mass is 373 g/mol. The number of aromatic amines is 1. The first-order valence-corrected chi connectivity index (χ1v) is 10.4. The summed E-state index contributed by atoms with van der Waals surface area (Å²) in [5.41, 5.74) is 2.67. The number of aromatic nitrogens is 2. The first kappa shape index (κ1) is 18.4. The van der Waals surface area contributed by atoms with Crippen LogP contribution in [0.3, 0.4) is 0 Å². The minimum atomic E-state index is -3.09. The van der Waals surface area contributed by atoms with Gasteiger partial charge in [0.15, 0.2) is 15.6 Å². The Hall–Kier alpha value is -2.38. The molecule has 3 rings (SSSR count). The molecule has 0 unspecified atom stereocenters. The van der Waals surface area contributed by atoms with Crippen molar-refractivity contribution in [3.05, 3.63) is 65.5 Å².